The minimum absolute atomic E-state index is 0.104. The van der Waals surface area contributed by atoms with E-state index >= 15 is 0 Å². The Morgan fingerprint density at radius 1 is 1.10 bits per heavy atom. The highest BCUT2D eigenvalue weighted by Crippen LogP contribution is 2.33. The maximum Gasteiger partial charge on any atom is 0.219 e. The number of nitrogens with one attached hydrogen (secondary N) is 1. The lowest BCUT2D eigenvalue weighted by Gasteiger charge is -2.15. The largest absolute Gasteiger partial charge is 0.353 e. The second-order valence-corrected chi connectivity index (χ2v) is 7.42. The van der Waals surface area contributed by atoms with E-state index in [9.17, 15) is 4.79 Å². The van der Waals surface area contributed by atoms with Crippen molar-refractivity contribution in [1.82, 2.24) is 20.3 Å². The van der Waals surface area contributed by atoms with Crippen LogP contribution >= 0.6 is 0 Å². The molecule has 2 aromatic carbocycles. The Kier molecular flexibility index (Phi) is 5.39. The van der Waals surface area contributed by atoms with E-state index in [2.05, 4.69) is 46.0 Å². The summed E-state index contributed by atoms with van der Waals surface area (Å²) in [5.41, 5.74) is 4.88. The fourth-order valence-corrected chi connectivity index (χ4v) is 3.93. The molecule has 1 heterocycles. The molecule has 2 unspecified atom stereocenters. The molecular formula is C23H23N5O. The van der Waals surface area contributed by atoms with Crippen LogP contribution in [0.25, 0.3) is 22.4 Å². The maximum absolute atomic E-state index is 11.7. The normalized spacial score (nSPS) is 18.3. The Morgan fingerprint density at radius 3 is 2.41 bits per heavy atom. The number of carbonyl (C=O) groups is 1. The number of nitriles is 1. The molecule has 6 nitrogen and oxygen atoms in total. The summed E-state index contributed by atoms with van der Waals surface area (Å²) in [5.74, 6) is 0.104. The summed E-state index contributed by atoms with van der Waals surface area (Å²) in [6, 6.07) is 18.5. The Labute approximate surface area is 170 Å². The number of aromatic nitrogens is 3. The van der Waals surface area contributed by atoms with Gasteiger partial charge >= 0.3 is 0 Å². The van der Waals surface area contributed by atoms with E-state index < -0.39 is 0 Å². The van der Waals surface area contributed by atoms with Gasteiger partial charge in [0.2, 0.25) is 5.91 Å². The van der Waals surface area contributed by atoms with Crippen molar-refractivity contribution in [3.8, 4) is 28.5 Å². The van der Waals surface area contributed by atoms with Gasteiger partial charge in [-0.25, -0.2) is 4.68 Å². The predicted molar refractivity (Wildman–Crippen MR) is 111 cm³/mol. The van der Waals surface area contributed by atoms with Gasteiger partial charge in [0.15, 0.2) is 0 Å². The fraction of sp³-hybridized carbons (Fsp3) is 0.304. The molecule has 0 saturated heterocycles. The van der Waals surface area contributed by atoms with Gasteiger partial charge in [-0.3, -0.25) is 4.79 Å². The van der Waals surface area contributed by atoms with Crippen LogP contribution in [0.4, 0.5) is 0 Å². The molecule has 1 fully saturated rings. The number of nitrogens with zero attached hydrogens (tertiary/aromatic N) is 4. The van der Waals surface area contributed by atoms with E-state index in [0.717, 1.165) is 41.6 Å². The quantitative estimate of drug-likeness (QED) is 0.716. The molecule has 1 aromatic heterocycles. The predicted octanol–water partition coefficient (Wildman–Crippen LogP) is 4.10. The van der Waals surface area contributed by atoms with Crippen molar-refractivity contribution in [2.45, 2.75) is 44.7 Å². The van der Waals surface area contributed by atoms with Crippen LogP contribution in [0.5, 0.6) is 0 Å². The summed E-state index contributed by atoms with van der Waals surface area (Å²) in [6.07, 6.45) is 5.14. The second kappa shape index (κ2) is 8.27. The van der Waals surface area contributed by atoms with E-state index in [0.29, 0.717) is 12.0 Å². The summed E-state index contributed by atoms with van der Waals surface area (Å²) in [7, 11) is 0. The molecule has 1 N–H and O–H groups in total. The molecule has 0 radical (unpaired) electrons. The fourth-order valence-electron chi connectivity index (χ4n) is 3.93. The summed E-state index contributed by atoms with van der Waals surface area (Å²) in [5, 5.41) is 20.5. The molecule has 3 aromatic rings. The highest BCUT2D eigenvalue weighted by molar-refractivity contribution is 5.75. The monoisotopic (exact) mass is 385 g/mol. The number of amides is 1. The lowest BCUT2D eigenvalue weighted by molar-refractivity contribution is -0.121. The highest BCUT2D eigenvalue weighted by Gasteiger charge is 2.29. The van der Waals surface area contributed by atoms with Crippen LogP contribution in [0.3, 0.4) is 0 Å². The first-order valence-electron chi connectivity index (χ1n) is 9.98. The first-order valence-corrected chi connectivity index (χ1v) is 9.98. The molecule has 4 rings (SSSR count). The number of benzene rings is 2. The van der Waals surface area contributed by atoms with Gasteiger partial charge < -0.3 is 5.32 Å². The van der Waals surface area contributed by atoms with Gasteiger partial charge in [-0.05, 0) is 42.5 Å². The minimum Gasteiger partial charge on any atom is -0.353 e. The standard InChI is InChI=1S/C23H23N5O/c1-2-23(29)26-20-11-12-21(13-20)28-22(15-25-27-28)19-9-7-18(8-10-19)17-5-3-16(14-24)4-6-17/h3-10,15,20-21H,2,11-13H2,1H3,(H,26,29). The minimum atomic E-state index is 0.104. The lowest BCUT2D eigenvalue weighted by Crippen LogP contribution is -2.32. The molecule has 6 heteroatoms. The zero-order chi connectivity index (χ0) is 20.2. The summed E-state index contributed by atoms with van der Waals surface area (Å²) >= 11 is 0. The van der Waals surface area contributed by atoms with Crippen molar-refractivity contribution in [3.05, 3.63) is 60.3 Å². The van der Waals surface area contributed by atoms with Crippen LogP contribution in [0.2, 0.25) is 0 Å². The van der Waals surface area contributed by atoms with E-state index in [1.54, 1.807) is 6.20 Å². The number of carbonyl (C=O) groups excluding carboxylic acids is 1. The van der Waals surface area contributed by atoms with E-state index in [1.807, 2.05) is 35.9 Å². The molecule has 0 aliphatic heterocycles. The molecule has 0 bridgehead atoms. The average Bonchev–Trinajstić information content (AvgIpc) is 3.43. The topological polar surface area (TPSA) is 83.6 Å². The lowest BCUT2D eigenvalue weighted by atomic mass is 10.0. The smallest absolute Gasteiger partial charge is 0.219 e. The summed E-state index contributed by atoms with van der Waals surface area (Å²) in [6.45, 7) is 1.87. The molecule has 1 saturated carbocycles. The van der Waals surface area contributed by atoms with Crippen molar-refractivity contribution < 1.29 is 4.79 Å². The number of hydrogen-bond donors (Lipinski definition) is 1. The van der Waals surface area contributed by atoms with Gasteiger partial charge in [-0.1, -0.05) is 48.5 Å². The van der Waals surface area contributed by atoms with Crippen molar-refractivity contribution in [3.63, 3.8) is 0 Å². The number of hydrogen-bond acceptors (Lipinski definition) is 4. The molecule has 29 heavy (non-hydrogen) atoms. The third kappa shape index (κ3) is 4.04. The molecule has 0 spiro atoms. The van der Waals surface area contributed by atoms with E-state index in [1.165, 1.54) is 0 Å². The summed E-state index contributed by atoms with van der Waals surface area (Å²) < 4.78 is 1.99. The van der Waals surface area contributed by atoms with Gasteiger partial charge in [0, 0.05) is 18.0 Å². The molecule has 1 amide bonds. The number of rotatable bonds is 5. The van der Waals surface area contributed by atoms with Gasteiger partial charge in [-0.15, -0.1) is 5.10 Å². The van der Waals surface area contributed by atoms with Gasteiger partial charge in [0.05, 0.1) is 29.6 Å². The Balaban J connectivity index is 1.51. The second-order valence-electron chi connectivity index (χ2n) is 7.42. The van der Waals surface area contributed by atoms with Gasteiger partial charge in [0.1, 0.15) is 0 Å². The molecule has 1 aliphatic carbocycles. The summed E-state index contributed by atoms with van der Waals surface area (Å²) in [4.78, 5) is 11.7. The first-order chi connectivity index (χ1) is 14.2. The average molecular weight is 385 g/mol. The maximum atomic E-state index is 11.7. The highest BCUT2D eigenvalue weighted by atomic mass is 16.1. The molecule has 1 aliphatic rings. The van der Waals surface area contributed by atoms with Crippen molar-refractivity contribution in [2.75, 3.05) is 0 Å². The van der Waals surface area contributed by atoms with Crippen LogP contribution in [0.1, 0.15) is 44.2 Å². The molecule has 146 valence electrons. The van der Waals surface area contributed by atoms with Crippen LogP contribution < -0.4 is 5.32 Å². The molecular weight excluding hydrogens is 362 g/mol. The first kappa shape index (κ1) is 18.9. The Bertz CT molecular complexity index is 1030. The third-order valence-corrected chi connectivity index (χ3v) is 5.54. The third-order valence-electron chi connectivity index (χ3n) is 5.54. The Hall–Kier alpha value is -3.46. The van der Waals surface area contributed by atoms with E-state index in [4.69, 9.17) is 5.26 Å². The van der Waals surface area contributed by atoms with Crippen molar-refractivity contribution in [1.29, 1.82) is 5.26 Å². The zero-order valence-electron chi connectivity index (χ0n) is 16.4. The molecule has 2 atom stereocenters. The van der Waals surface area contributed by atoms with Crippen LogP contribution in [0.15, 0.2) is 54.7 Å². The van der Waals surface area contributed by atoms with Crippen molar-refractivity contribution >= 4 is 5.91 Å². The van der Waals surface area contributed by atoms with Crippen LogP contribution in [-0.2, 0) is 4.79 Å². The van der Waals surface area contributed by atoms with Crippen LogP contribution in [-0.4, -0.2) is 26.9 Å². The van der Waals surface area contributed by atoms with Gasteiger partial charge in [0.25, 0.3) is 0 Å². The van der Waals surface area contributed by atoms with Crippen LogP contribution in [0, 0.1) is 11.3 Å². The van der Waals surface area contributed by atoms with Crippen molar-refractivity contribution in [2.24, 2.45) is 0 Å². The van der Waals surface area contributed by atoms with E-state index in [-0.39, 0.29) is 18.0 Å². The van der Waals surface area contributed by atoms with Gasteiger partial charge in [-0.2, -0.15) is 5.26 Å². The Morgan fingerprint density at radius 2 is 1.76 bits per heavy atom. The SMILES string of the molecule is CCC(=O)NC1CCC(n2nncc2-c2ccc(-c3ccc(C#N)cc3)cc2)C1. The zero-order valence-corrected chi connectivity index (χ0v) is 16.4.